The van der Waals surface area contributed by atoms with Crippen LogP contribution in [-0.4, -0.2) is 56.1 Å². The molecule has 6 radical (unpaired) electrons. The molecule has 148 valence electrons. The Balaban J connectivity index is 4.71. The van der Waals surface area contributed by atoms with E-state index in [1.807, 2.05) is 0 Å². The molecule has 1 amide bonds. The quantitative estimate of drug-likeness (QED) is 0.158. The van der Waals surface area contributed by atoms with Gasteiger partial charge in [0, 0.05) is 6.42 Å². The highest BCUT2D eigenvalue weighted by Crippen LogP contribution is 2.23. The van der Waals surface area contributed by atoms with Gasteiger partial charge in [0.15, 0.2) is 0 Å². The molecule has 0 rings (SSSR count). The van der Waals surface area contributed by atoms with E-state index in [0.29, 0.717) is 12.8 Å². The molecule has 28 heavy (non-hydrogen) atoms. The summed E-state index contributed by atoms with van der Waals surface area (Å²) >= 11 is 0. The van der Waals surface area contributed by atoms with E-state index < -0.39 is 22.4 Å². The lowest BCUT2D eigenvalue weighted by Crippen LogP contribution is -2.24. The summed E-state index contributed by atoms with van der Waals surface area (Å²) in [4.78, 5) is 10.6. The number of rotatable bonds is 14. The van der Waals surface area contributed by atoms with Gasteiger partial charge < -0.3 is 21.1 Å². The van der Waals surface area contributed by atoms with Crippen molar-refractivity contribution in [1.82, 2.24) is 0 Å². The Hall–Kier alpha value is -1.50. The highest BCUT2D eigenvalue weighted by Gasteiger charge is 2.18. The van der Waals surface area contributed by atoms with Gasteiger partial charge in [-0.15, -0.1) is 0 Å². The van der Waals surface area contributed by atoms with Gasteiger partial charge in [-0.1, -0.05) is 61.4 Å². The number of unbranched alkanes of at least 4 members (excludes halogenated alkanes) is 4. The lowest BCUT2D eigenvalue weighted by molar-refractivity contribution is -0.118. The third kappa shape index (κ3) is 15.6. The summed E-state index contributed by atoms with van der Waals surface area (Å²) in [6, 6.07) is 0. The van der Waals surface area contributed by atoms with Gasteiger partial charge in [-0.2, -0.15) is 0 Å². The van der Waals surface area contributed by atoms with Crippen LogP contribution in [0.5, 0.6) is 0 Å². The number of hydrogen-bond acceptors (Lipinski definition) is 4. The minimum atomic E-state index is -2.18. The lowest BCUT2D eigenvalue weighted by Gasteiger charge is -2.22. The number of primary amides is 1. The van der Waals surface area contributed by atoms with Gasteiger partial charge in [-0.25, -0.2) is 0 Å². The van der Waals surface area contributed by atoms with Crippen molar-refractivity contribution in [2.45, 2.75) is 68.4 Å². The zero-order chi connectivity index (χ0) is 21.7. The van der Waals surface area contributed by atoms with E-state index in [4.69, 9.17) is 29.3 Å². The monoisotopic (exact) mass is 381 g/mol. The van der Waals surface area contributed by atoms with Crippen LogP contribution >= 0.6 is 0 Å². The molecule has 0 aliphatic carbocycles. The van der Waals surface area contributed by atoms with E-state index in [1.54, 1.807) is 12.2 Å². The number of nitrogens with two attached hydrogens (primary N) is 1. The maximum absolute atomic E-state index is 10.6. The molecule has 0 aromatic heterocycles. The van der Waals surface area contributed by atoms with Gasteiger partial charge in [0.25, 0.3) is 0 Å². The summed E-state index contributed by atoms with van der Waals surface area (Å²) in [7, 11) is 17.4. The van der Waals surface area contributed by atoms with Crippen LogP contribution in [-0.2, 0) is 4.79 Å². The zero-order valence-electron chi connectivity index (χ0n) is 16.6. The van der Waals surface area contributed by atoms with Crippen molar-refractivity contribution in [2.75, 3.05) is 0 Å². The fourth-order valence-corrected chi connectivity index (χ4v) is 2.15. The molecular weight excluding hydrogens is 351 g/mol. The molecule has 0 saturated heterocycles. The van der Waals surface area contributed by atoms with Crippen LogP contribution in [0, 0.1) is 0 Å². The summed E-state index contributed by atoms with van der Waals surface area (Å²) < 4.78 is 0. The predicted molar refractivity (Wildman–Crippen MR) is 116 cm³/mol. The maximum Gasteiger partial charge on any atom is 0.217 e. The van der Waals surface area contributed by atoms with E-state index in [0.717, 1.165) is 31.8 Å². The number of hydrogen-bond donors (Lipinski definition) is 4. The molecule has 5 nitrogen and oxygen atoms in total. The number of amides is 1. The fourth-order valence-electron chi connectivity index (χ4n) is 2.15. The van der Waals surface area contributed by atoms with Crippen LogP contribution in [0.3, 0.4) is 0 Å². The van der Waals surface area contributed by atoms with E-state index in [1.165, 1.54) is 30.4 Å². The Kier molecular flexibility index (Phi) is 12.2. The Morgan fingerprint density at radius 2 is 1.43 bits per heavy atom. The van der Waals surface area contributed by atoms with Crippen molar-refractivity contribution in [3.63, 3.8) is 0 Å². The van der Waals surface area contributed by atoms with Gasteiger partial charge in [0.05, 0.1) is 21.2 Å². The van der Waals surface area contributed by atoms with E-state index in [2.05, 4.69) is 6.92 Å². The molecule has 0 fully saturated rings. The summed E-state index contributed by atoms with van der Waals surface area (Å²) in [5, 5.41) is 28.3. The van der Waals surface area contributed by atoms with Gasteiger partial charge in [-0.3, -0.25) is 4.79 Å². The lowest BCUT2D eigenvalue weighted by atomic mass is 9.53. The van der Waals surface area contributed by atoms with Crippen LogP contribution in [0.4, 0.5) is 0 Å². The first-order valence-electron chi connectivity index (χ1n) is 9.47. The Morgan fingerprint density at radius 1 is 0.857 bits per heavy atom. The second kappa shape index (κ2) is 12.9. The summed E-state index contributed by atoms with van der Waals surface area (Å²) in [6.45, 7) is 2.09. The van der Waals surface area contributed by atoms with Crippen LogP contribution in [0.2, 0.25) is 5.21 Å². The maximum atomic E-state index is 10.6. The highest BCUT2D eigenvalue weighted by atomic mass is 16.5. The van der Waals surface area contributed by atoms with Crippen LogP contribution in [0.25, 0.3) is 0 Å². The van der Waals surface area contributed by atoms with Crippen molar-refractivity contribution >= 4 is 29.4 Å². The average Bonchev–Trinajstić information content (AvgIpc) is 2.58. The van der Waals surface area contributed by atoms with E-state index in [-0.39, 0.29) is 6.42 Å². The molecule has 1 atom stereocenters. The molecule has 0 spiro atoms. The van der Waals surface area contributed by atoms with Crippen LogP contribution in [0.15, 0.2) is 48.6 Å². The molecule has 0 aliphatic rings. The summed E-state index contributed by atoms with van der Waals surface area (Å²) in [6.07, 6.45) is 15.8. The number of aliphatic hydroxyl groups is 3. The summed E-state index contributed by atoms with van der Waals surface area (Å²) in [5.74, 6) is -2.57. The van der Waals surface area contributed by atoms with Crippen molar-refractivity contribution in [1.29, 1.82) is 0 Å². The average molecular weight is 381 g/mol. The number of allylic oxidation sites excluding steroid dienone is 4. The Labute approximate surface area is 172 Å². The minimum absolute atomic E-state index is 0.250. The molecule has 5 N–H and O–H groups in total. The fraction of sp³-hybridized carbons (Fsp3) is 0.550. The first-order chi connectivity index (χ1) is 12.9. The number of carbonyl (C=O) groups excluding carboxylic acids is 1. The van der Waals surface area contributed by atoms with Gasteiger partial charge in [-0.05, 0) is 37.8 Å². The first-order valence-corrected chi connectivity index (χ1v) is 9.47. The van der Waals surface area contributed by atoms with Gasteiger partial charge in [0.1, 0.15) is 7.85 Å². The topological polar surface area (TPSA) is 104 Å². The SMILES string of the molecule is [B]C([B])(/C=C\C([B])(O)/C=C\CCCC(N)=O)/C=C\C(O)(O)/C=C\CCCCC. The second-order valence-corrected chi connectivity index (χ2v) is 7.00. The molecule has 0 bridgehead atoms. The molecule has 1 unspecified atom stereocenters. The van der Waals surface area contributed by atoms with Gasteiger partial charge in [0.2, 0.25) is 11.7 Å². The number of carbonyl (C=O) groups is 1. The molecule has 0 aromatic rings. The molecule has 0 aromatic carbocycles. The Bertz CT molecular complexity index is 582. The first kappa shape index (κ1) is 26.5. The minimum Gasteiger partial charge on any atom is -0.392 e. The third-order valence-corrected chi connectivity index (χ3v) is 3.77. The molecule has 0 aliphatic heterocycles. The standard InChI is InChI=1S/C20H30B3NO4/c1-2-3-4-5-9-12-20(27,28)16-14-18(21,22)13-15-19(23,26)11-8-6-7-10-17(24)25/h8-9,11-16,26-28H,2-7,10H2,1H3,(H2,24,25)/b11-8-,12-9-,15-13-,16-14-. The van der Waals surface area contributed by atoms with Crippen molar-refractivity contribution < 1.29 is 20.1 Å². The van der Waals surface area contributed by atoms with Crippen LogP contribution < -0.4 is 5.73 Å². The third-order valence-electron chi connectivity index (χ3n) is 3.77. The zero-order valence-corrected chi connectivity index (χ0v) is 16.6. The van der Waals surface area contributed by atoms with Crippen molar-refractivity contribution in [2.24, 2.45) is 5.73 Å². The Morgan fingerprint density at radius 3 is 2.04 bits per heavy atom. The molecule has 8 heteroatoms. The summed E-state index contributed by atoms with van der Waals surface area (Å²) in [5.41, 5.74) is 3.25. The highest BCUT2D eigenvalue weighted by molar-refractivity contribution is 6.43. The smallest absolute Gasteiger partial charge is 0.217 e. The van der Waals surface area contributed by atoms with E-state index >= 15 is 0 Å². The second-order valence-electron chi connectivity index (χ2n) is 7.00. The normalized spacial score (nSPS) is 15.9. The van der Waals surface area contributed by atoms with Crippen molar-refractivity contribution in [3.05, 3.63) is 48.6 Å². The van der Waals surface area contributed by atoms with Gasteiger partial charge >= 0.3 is 0 Å². The molecular formula is C20H30B3NO4. The molecule has 0 heterocycles. The predicted octanol–water partition coefficient (Wildman–Crippen LogP) is 1.44. The largest absolute Gasteiger partial charge is 0.392 e. The van der Waals surface area contributed by atoms with E-state index in [9.17, 15) is 20.1 Å². The van der Waals surface area contributed by atoms with Crippen molar-refractivity contribution in [3.8, 4) is 0 Å². The molecule has 0 saturated carbocycles. The van der Waals surface area contributed by atoms with Crippen LogP contribution in [0.1, 0.15) is 51.9 Å².